The highest BCUT2D eigenvalue weighted by Gasteiger charge is 2.01. The zero-order chi connectivity index (χ0) is 13.7. The Kier molecular flexibility index (Phi) is 4.71. The standard InChI is InChI=1S/C15H15BrN2O/c16-14-7-2-1-5-13(14)10-19-9-11-4-3-6-12(8-11)15(17)18/h1-8H,9-10H2,(H3,17,18). The van der Waals surface area contributed by atoms with Gasteiger partial charge in [-0.1, -0.05) is 52.3 Å². The van der Waals surface area contributed by atoms with Crippen LogP contribution in [0.25, 0.3) is 0 Å². The van der Waals surface area contributed by atoms with Gasteiger partial charge in [0.1, 0.15) is 5.84 Å². The molecule has 0 aliphatic rings. The fourth-order valence-corrected chi connectivity index (χ4v) is 2.12. The Bertz CT molecular complexity index is 584. The molecule has 0 fully saturated rings. The van der Waals surface area contributed by atoms with E-state index < -0.39 is 0 Å². The van der Waals surface area contributed by atoms with Crippen molar-refractivity contribution in [1.82, 2.24) is 0 Å². The Balaban J connectivity index is 1.94. The van der Waals surface area contributed by atoms with Crippen molar-refractivity contribution in [3.05, 3.63) is 69.7 Å². The van der Waals surface area contributed by atoms with Crippen molar-refractivity contribution in [3.63, 3.8) is 0 Å². The van der Waals surface area contributed by atoms with Gasteiger partial charge in [0.15, 0.2) is 0 Å². The number of nitrogen functional groups attached to an aromatic ring is 1. The average Bonchev–Trinajstić information content (AvgIpc) is 2.41. The second kappa shape index (κ2) is 6.50. The Morgan fingerprint density at radius 2 is 1.89 bits per heavy atom. The Morgan fingerprint density at radius 3 is 2.63 bits per heavy atom. The van der Waals surface area contributed by atoms with E-state index in [1.54, 1.807) is 0 Å². The van der Waals surface area contributed by atoms with E-state index in [-0.39, 0.29) is 5.84 Å². The molecule has 0 radical (unpaired) electrons. The Hall–Kier alpha value is -1.65. The van der Waals surface area contributed by atoms with Crippen LogP contribution in [0.15, 0.2) is 53.0 Å². The molecule has 0 aliphatic heterocycles. The van der Waals surface area contributed by atoms with Crippen LogP contribution in [0.2, 0.25) is 0 Å². The van der Waals surface area contributed by atoms with Gasteiger partial charge in [-0.2, -0.15) is 0 Å². The highest BCUT2D eigenvalue weighted by molar-refractivity contribution is 9.10. The smallest absolute Gasteiger partial charge is 0.122 e. The van der Waals surface area contributed by atoms with E-state index in [9.17, 15) is 0 Å². The summed E-state index contributed by atoms with van der Waals surface area (Å²) in [5.41, 5.74) is 8.31. The number of ether oxygens (including phenoxy) is 1. The third-order valence-corrected chi connectivity index (χ3v) is 3.50. The topological polar surface area (TPSA) is 59.1 Å². The normalized spacial score (nSPS) is 10.4. The zero-order valence-corrected chi connectivity index (χ0v) is 12.0. The zero-order valence-electron chi connectivity index (χ0n) is 10.4. The van der Waals surface area contributed by atoms with Crippen molar-refractivity contribution in [2.45, 2.75) is 13.2 Å². The van der Waals surface area contributed by atoms with E-state index in [1.165, 1.54) is 0 Å². The molecule has 3 nitrogen and oxygen atoms in total. The Labute approximate surface area is 121 Å². The number of hydrogen-bond donors (Lipinski definition) is 2. The number of benzene rings is 2. The number of nitrogens with one attached hydrogen (secondary N) is 1. The summed E-state index contributed by atoms with van der Waals surface area (Å²) in [7, 11) is 0. The Morgan fingerprint density at radius 1 is 1.11 bits per heavy atom. The maximum absolute atomic E-state index is 7.40. The van der Waals surface area contributed by atoms with Crippen molar-refractivity contribution in [2.24, 2.45) is 5.73 Å². The van der Waals surface area contributed by atoms with Gasteiger partial charge in [-0.3, -0.25) is 5.41 Å². The van der Waals surface area contributed by atoms with Gasteiger partial charge in [-0.15, -0.1) is 0 Å². The van der Waals surface area contributed by atoms with Crippen LogP contribution in [0.5, 0.6) is 0 Å². The van der Waals surface area contributed by atoms with E-state index in [2.05, 4.69) is 15.9 Å². The molecule has 0 amide bonds. The molecule has 0 bridgehead atoms. The summed E-state index contributed by atoms with van der Waals surface area (Å²) in [6.07, 6.45) is 0. The quantitative estimate of drug-likeness (QED) is 0.655. The van der Waals surface area contributed by atoms with Gasteiger partial charge >= 0.3 is 0 Å². The van der Waals surface area contributed by atoms with Crippen LogP contribution < -0.4 is 5.73 Å². The van der Waals surface area contributed by atoms with E-state index in [1.807, 2.05) is 48.5 Å². The SMILES string of the molecule is N=C(N)c1cccc(COCc2ccccc2Br)c1. The summed E-state index contributed by atoms with van der Waals surface area (Å²) in [5.74, 6) is 0.0765. The summed E-state index contributed by atoms with van der Waals surface area (Å²) in [4.78, 5) is 0. The fourth-order valence-electron chi connectivity index (χ4n) is 1.72. The predicted molar refractivity (Wildman–Crippen MR) is 80.1 cm³/mol. The van der Waals surface area contributed by atoms with Crippen LogP contribution in [0.4, 0.5) is 0 Å². The molecular weight excluding hydrogens is 304 g/mol. The van der Waals surface area contributed by atoms with Gasteiger partial charge in [0, 0.05) is 10.0 Å². The van der Waals surface area contributed by atoms with Gasteiger partial charge in [0.2, 0.25) is 0 Å². The molecule has 0 saturated heterocycles. The first-order valence-corrected chi connectivity index (χ1v) is 6.70. The van der Waals surface area contributed by atoms with Crippen molar-refractivity contribution < 1.29 is 4.74 Å². The number of nitrogens with two attached hydrogens (primary N) is 1. The number of amidine groups is 1. The lowest BCUT2D eigenvalue weighted by Crippen LogP contribution is -2.11. The molecule has 2 aromatic rings. The third kappa shape index (κ3) is 3.91. The second-order valence-electron chi connectivity index (χ2n) is 4.20. The second-order valence-corrected chi connectivity index (χ2v) is 5.05. The van der Waals surface area contributed by atoms with E-state index in [4.69, 9.17) is 15.9 Å². The van der Waals surface area contributed by atoms with E-state index >= 15 is 0 Å². The van der Waals surface area contributed by atoms with E-state index in [0.717, 1.165) is 21.2 Å². The highest BCUT2D eigenvalue weighted by Crippen LogP contribution is 2.17. The average molecular weight is 319 g/mol. The summed E-state index contributed by atoms with van der Waals surface area (Å²) in [5, 5.41) is 7.40. The number of hydrogen-bond acceptors (Lipinski definition) is 2. The molecule has 2 aromatic carbocycles. The lowest BCUT2D eigenvalue weighted by atomic mass is 10.1. The van der Waals surface area contributed by atoms with Crippen molar-refractivity contribution >= 4 is 21.8 Å². The summed E-state index contributed by atoms with van der Waals surface area (Å²) < 4.78 is 6.73. The van der Waals surface area contributed by atoms with Crippen LogP contribution >= 0.6 is 15.9 Å². The highest BCUT2D eigenvalue weighted by atomic mass is 79.9. The molecule has 4 heteroatoms. The van der Waals surface area contributed by atoms with E-state index in [0.29, 0.717) is 13.2 Å². The van der Waals surface area contributed by atoms with Gasteiger partial charge in [0.05, 0.1) is 13.2 Å². The lowest BCUT2D eigenvalue weighted by Gasteiger charge is -2.07. The monoisotopic (exact) mass is 318 g/mol. The van der Waals surface area contributed by atoms with Gasteiger partial charge in [0.25, 0.3) is 0 Å². The van der Waals surface area contributed by atoms with Crippen LogP contribution in [0.3, 0.4) is 0 Å². The molecule has 2 rings (SSSR count). The number of rotatable bonds is 5. The molecule has 0 saturated carbocycles. The summed E-state index contributed by atoms with van der Waals surface area (Å²) in [6.45, 7) is 1.05. The van der Waals surface area contributed by atoms with Crippen LogP contribution in [0.1, 0.15) is 16.7 Å². The molecule has 0 unspecified atom stereocenters. The molecule has 19 heavy (non-hydrogen) atoms. The number of halogens is 1. The van der Waals surface area contributed by atoms with Gasteiger partial charge in [-0.25, -0.2) is 0 Å². The van der Waals surface area contributed by atoms with Gasteiger partial charge < -0.3 is 10.5 Å². The lowest BCUT2D eigenvalue weighted by molar-refractivity contribution is 0.107. The third-order valence-electron chi connectivity index (χ3n) is 2.72. The molecule has 0 heterocycles. The minimum atomic E-state index is 0.0765. The van der Waals surface area contributed by atoms with Gasteiger partial charge in [-0.05, 0) is 23.3 Å². The minimum Gasteiger partial charge on any atom is -0.384 e. The van der Waals surface area contributed by atoms with Crippen LogP contribution in [-0.4, -0.2) is 5.84 Å². The predicted octanol–water partition coefficient (Wildman–Crippen LogP) is 3.45. The largest absolute Gasteiger partial charge is 0.384 e. The molecule has 0 aliphatic carbocycles. The molecule has 0 atom stereocenters. The summed E-state index contributed by atoms with van der Waals surface area (Å²) >= 11 is 3.49. The first-order valence-electron chi connectivity index (χ1n) is 5.91. The molecule has 3 N–H and O–H groups in total. The van der Waals surface area contributed by atoms with Crippen molar-refractivity contribution in [3.8, 4) is 0 Å². The van der Waals surface area contributed by atoms with Crippen molar-refractivity contribution in [1.29, 1.82) is 5.41 Å². The maximum atomic E-state index is 7.40. The van der Waals surface area contributed by atoms with Crippen LogP contribution in [-0.2, 0) is 18.0 Å². The van der Waals surface area contributed by atoms with Crippen LogP contribution in [0, 0.1) is 5.41 Å². The minimum absolute atomic E-state index is 0.0765. The molecular formula is C15H15BrN2O. The first kappa shape index (κ1) is 13.8. The summed E-state index contributed by atoms with van der Waals surface area (Å²) in [6, 6.07) is 15.5. The fraction of sp³-hybridized carbons (Fsp3) is 0.133. The molecule has 98 valence electrons. The maximum Gasteiger partial charge on any atom is 0.122 e. The molecule has 0 spiro atoms. The first-order chi connectivity index (χ1) is 9.16. The van der Waals surface area contributed by atoms with Crippen molar-refractivity contribution in [2.75, 3.05) is 0 Å². The molecule has 0 aromatic heterocycles.